The maximum Gasteiger partial charge on any atom is 0.240 e. The van der Waals surface area contributed by atoms with Crippen molar-refractivity contribution in [1.82, 2.24) is 4.72 Å². The lowest BCUT2D eigenvalue weighted by molar-refractivity contribution is 0.328. The van der Waals surface area contributed by atoms with Crippen LogP contribution in [0.1, 0.15) is 9.75 Å². The van der Waals surface area contributed by atoms with Crippen LogP contribution in [0.15, 0.2) is 41.3 Å². The zero-order valence-corrected chi connectivity index (χ0v) is 13.3. The van der Waals surface area contributed by atoms with Crippen LogP contribution in [0.5, 0.6) is 5.75 Å². The quantitative estimate of drug-likeness (QED) is 0.814. The van der Waals surface area contributed by atoms with Crippen molar-refractivity contribution in [2.45, 2.75) is 18.4 Å². The fourth-order valence-corrected chi connectivity index (χ4v) is 3.65. The van der Waals surface area contributed by atoms with Crippen molar-refractivity contribution in [3.63, 3.8) is 0 Å². The van der Waals surface area contributed by atoms with Crippen molar-refractivity contribution < 1.29 is 13.2 Å². The van der Waals surface area contributed by atoms with E-state index in [2.05, 4.69) is 4.72 Å². The summed E-state index contributed by atoms with van der Waals surface area (Å²) in [5.74, 6) is 0.605. The fraction of sp³-hybridized carbons (Fsp3) is 0.286. The molecule has 1 heterocycles. The first-order valence-corrected chi connectivity index (χ1v) is 8.79. The molecular formula is C14H18N2O3S2. The Morgan fingerprint density at radius 3 is 2.48 bits per heavy atom. The SMILES string of the molecule is Cc1ccc(CNS(=O)(=O)c2ccc(OCCN)cc2)s1. The van der Waals surface area contributed by atoms with E-state index in [-0.39, 0.29) is 4.90 Å². The highest BCUT2D eigenvalue weighted by molar-refractivity contribution is 7.89. The van der Waals surface area contributed by atoms with E-state index < -0.39 is 10.0 Å². The predicted molar refractivity (Wildman–Crippen MR) is 84.1 cm³/mol. The van der Waals surface area contributed by atoms with Gasteiger partial charge in [-0.25, -0.2) is 13.1 Å². The van der Waals surface area contributed by atoms with Crippen LogP contribution in [0.4, 0.5) is 0 Å². The van der Waals surface area contributed by atoms with Crippen LogP contribution in [0.25, 0.3) is 0 Å². The molecule has 5 nitrogen and oxygen atoms in total. The van der Waals surface area contributed by atoms with Crippen LogP contribution in [-0.4, -0.2) is 21.6 Å². The van der Waals surface area contributed by atoms with Crippen LogP contribution < -0.4 is 15.2 Å². The molecule has 2 aromatic rings. The number of benzene rings is 1. The Kier molecular flexibility index (Phi) is 5.35. The molecule has 21 heavy (non-hydrogen) atoms. The molecule has 3 N–H and O–H groups in total. The maximum atomic E-state index is 12.2. The molecule has 1 aromatic carbocycles. The highest BCUT2D eigenvalue weighted by atomic mass is 32.2. The lowest BCUT2D eigenvalue weighted by Gasteiger charge is -2.08. The lowest BCUT2D eigenvalue weighted by Crippen LogP contribution is -2.22. The Hall–Kier alpha value is -1.41. The van der Waals surface area contributed by atoms with Crippen LogP contribution in [-0.2, 0) is 16.6 Å². The molecule has 0 radical (unpaired) electrons. The van der Waals surface area contributed by atoms with Crippen LogP contribution in [0.2, 0.25) is 0 Å². The molecule has 1 aromatic heterocycles. The third-order valence-electron chi connectivity index (χ3n) is 2.75. The zero-order valence-electron chi connectivity index (χ0n) is 11.7. The Morgan fingerprint density at radius 2 is 1.90 bits per heavy atom. The van der Waals surface area contributed by atoms with E-state index in [1.165, 1.54) is 12.1 Å². The van der Waals surface area contributed by atoms with Gasteiger partial charge in [0.2, 0.25) is 10.0 Å². The molecule has 0 aliphatic carbocycles. The number of nitrogens with two attached hydrogens (primary N) is 1. The van der Waals surface area contributed by atoms with Gasteiger partial charge in [-0.2, -0.15) is 0 Å². The van der Waals surface area contributed by atoms with E-state index >= 15 is 0 Å². The van der Waals surface area contributed by atoms with Crippen LogP contribution in [0.3, 0.4) is 0 Å². The average molecular weight is 326 g/mol. The Morgan fingerprint density at radius 1 is 1.19 bits per heavy atom. The van der Waals surface area contributed by atoms with E-state index in [9.17, 15) is 8.42 Å². The minimum Gasteiger partial charge on any atom is -0.492 e. The van der Waals surface area contributed by atoms with Crippen LogP contribution in [0, 0.1) is 6.92 Å². The third-order valence-corrected chi connectivity index (χ3v) is 5.17. The number of aryl methyl sites for hydroxylation is 1. The molecule has 0 spiro atoms. The van der Waals surface area contributed by atoms with E-state index in [4.69, 9.17) is 10.5 Å². The number of nitrogens with one attached hydrogen (secondary N) is 1. The molecule has 2 rings (SSSR count). The number of hydrogen-bond donors (Lipinski definition) is 2. The standard InChI is InChI=1S/C14H18N2O3S2/c1-11-2-5-13(20-11)10-16-21(17,18)14-6-3-12(4-7-14)19-9-8-15/h2-7,16H,8-10,15H2,1H3. The van der Waals surface area contributed by atoms with E-state index in [1.807, 2.05) is 19.1 Å². The monoisotopic (exact) mass is 326 g/mol. The molecule has 7 heteroatoms. The highest BCUT2D eigenvalue weighted by Gasteiger charge is 2.14. The topological polar surface area (TPSA) is 81.4 Å². The first kappa shape index (κ1) is 16.0. The molecule has 0 atom stereocenters. The molecule has 0 aliphatic rings. The van der Waals surface area contributed by atoms with E-state index in [0.717, 1.165) is 9.75 Å². The van der Waals surface area contributed by atoms with Crippen LogP contribution >= 0.6 is 11.3 Å². The van der Waals surface area contributed by atoms with Gasteiger partial charge in [0.15, 0.2) is 0 Å². The van der Waals surface area contributed by atoms with Gasteiger partial charge in [-0.1, -0.05) is 0 Å². The van der Waals surface area contributed by atoms with Gasteiger partial charge < -0.3 is 10.5 Å². The van der Waals surface area contributed by atoms with Gasteiger partial charge in [0, 0.05) is 22.8 Å². The highest BCUT2D eigenvalue weighted by Crippen LogP contribution is 2.18. The van der Waals surface area contributed by atoms with Gasteiger partial charge in [-0.15, -0.1) is 11.3 Å². The maximum absolute atomic E-state index is 12.2. The number of hydrogen-bond acceptors (Lipinski definition) is 5. The van der Waals surface area contributed by atoms with Gasteiger partial charge in [-0.05, 0) is 43.3 Å². The second-order valence-electron chi connectivity index (χ2n) is 4.45. The van der Waals surface area contributed by atoms with Gasteiger partial charge >= 0.3 is 0 Å². The van der Waals surface area contributed by atoms with Crippen molar-refractivity contribution in [3.8, 4) is 5.75 Å². The summed E-state index contributed by atoms with van der Waals surface area (Å²) in [6.07, 6.45) is 0. The van der Waals surface area contributed by atoms with Gasteiger partial charge in [0.05, 0.1) is 4.90 Å². The average Bonchev–Trinajstić information content (AvgIpc) is 2.89. The molecule has 0 unspecified atom stereocenters. The van der Waals surface area contributed by atoms with Crippen molar-refractivity contribution in [1.29, 1.82) is 0 Å². The predicted octanol–water partition coefficient (Wildman–Crippen LogP) is 1.87. The summed E-state index contributed by atoms with van der Waals surface area (Å²) >= 11 is 1.58. The summed E-state index contributed by atoms with van der Waals surface area (Å²) in [5.41, 5.74) is 5.34. The molecule has 114 valence electrons. The number of ether oxygens (including phenoxy) is 1. The molecular weight excluding hydrogens is 308 g/mol. The zero-order chi connectivity index (χ0) is 15.3. The second kappa shape index (κ2) is 7.04. The minimum absolute atomic E-state index is 0.218. The van der Waals surface area contributed by atoms with E-state index in [1.54, 1.807) is 23.5 Å². The minimum atomic E-state index is -3.51. The van der Waals surface area contributed by atoms with Gasteiger partial charge in [-0.3, -0.25) is 0 Å². The Balaban J connectivity index is 2.01. The smallest absolute Gasteiger partial charge is 0.240 e. The molecule has 0 fully saturated rings. The number of rotatable bonds is 7. The largest absolute Gasteiger partial charge is 0.492 e. The van der Waals surface area contributed by atoms with Crippen molar-refractivity contribution in [2.24, 2.45) is 5.73 Å². The van der Waals surface area contributed by atoms with Crippen molar-refractivity contribution in [3.05, 3.63) is 46.2 Å². The van der Waals surface area contributed by atoms with Crippen molar-refractivity contribution >= 4 is 21.4 Å². The first-order valence-electron chi connectivity index (χ1n) is 6.49. The molecule has 0 saturated carbocycles. The summed E-state index contributed by atoms with van der Waals surface area (Å²) in [6.45, 7) is 3.11. The Bertz CT molecular complexity index is 678. The van der Waals surface area contributed by atoms with Gasteiger partial charge in [0.1, 0.15) is 12.4 Å². The third kappa shape index (κ3) is 4.53. The summed E-state index contributed by atoms with van der Waals surface area (Å²) < 4.78 is 32.2. The Labute approximate surface area is 128 Å². The molecule has 0 bridgehead atoms. The van der Waals surface area contributed by atoms with Crippen molar-refractivity contribution in [2.75, 3.05) is 13.2 Å². The first-order chi connectivity index (χ1) is 10.0. The summed E-state index contributed by atoms with van der Waals surface area (Å²) in [6, 6.07) is 10.2. The summed E-state index contributed by atoms with van der Waals surface area (Å²) in [7, 11) is -3.51. The molecule has 0 amide bonds. The number of thiophene rings is 1. The fourth-order valence-electron chi connectivity index (χ4n) is 1.72. The second-order valence-corrected chi connectivity index (χ2v) is 7.58. The number of sulfonamides is 1. The van der Waals surface area contributed by atoms with Gasteiger partial charge in [0.25, 0.3) is 0 Å². The van der Waals surface area contributed by atoms with E-state index in [0.29, 0.717) is 25.4 Å². The summed E-state index contributed by atoms with van der Waals surface area (Å²) in [5, 5.41) is 0. The normalized spacial score (nSPS) is 11.5. The summed E-state index contributed by atoms with van der Waals surface area (Å²) in [4.78, 5) is 2.36. The molecule has 0 saturated heterocycles. The molecule has 0 aliphatic heterocycles. The lowest BCUT2D eigenvalue weighted by atomic mass is 10.3.